The van der Waals surface area contributed by atoms with Gasteiger partial charge in [-0.05, 0) is 56.1 Å². The predicted octanol–water partition coefficient (Wildman–Crippen LogP) is 3.16. The van der Waals surface area contributed by atoms with E-state index in [1.54, 1.807) is 26.8 Å². The Labute approximate surface area is 155 Å². The Morgan fingerprint density at radius 2 is 1.80 bits per heavy atom. The number of nitrogens with zero attached hydrogens (tertiary/aromatic N) is 5. The lowest BCUT2D eigenvalue weighted by molar-refractivity contribution is 0.0523. The van der Waals surface area contributed by atoms with Gasteiger partial charge in [0.1, 0.15) is 17.4 Å². The molecule has 8 nitrogen and oxygen atoms in total. The molecule has 0 aliphatic carbocycles. The highest BCUT2D eigenvalue weighted by molar-refractivity contribution is 6.28. The van der Waals surface area contributed by atoms with Crippen molar-refractivity contribution in [2.45, 2.75) is 32.9 Å². The van der Waals surface area contributed by atoms with Crippen molar-refractivity contribution < 1.29 is 9.53 Å². The zero-order valence-corrected chi connectivity index (χ0v) is 15.3. The van der Waals surface area contributed by atoms with Gasteiger partial charge in [0.05, 0.1) is 12.2 Å². The third kappa shape index (κ3) is 9.39. The minimum absolute atomic E-state index is 0.106. The number of hydrogen-bond acceptors (Lipinski definition) is 7. The van der Waals surface area contributed by atoms with Crippen LogP contribution < -0.4 is 5.32 Å². The van der Waals surface area contributed by atoms with E-state index in [2.05, 4.69) is 25.3 Å². The second-order valence-electron chi connectivity index (χ2n) is 5.50. The van der Waals surface area contributed by atoms with Crippen LogP contribution in [0, 0.1) is 11.3 Å². The molecule has 1 N–H and O–H groups in total. The number of hydrogen-bond donors (Lipinski definition) is 1. The fourth-order valence-corrected chi connectivity index (χ4v) is 1.65. The molecule has 0 radical (unpaired) electrons. The number of alkyl carbamates (subject to hydrolysis) is 1. The van der Waals surface area contributed by atoms with Crippen molar-refractivity contribution in [2.75, 3.05) is 0 Å². The van der Waals surface area contributed by atoms with Crippen LogP contribution >= 0.6 is 23.2 Å². The first-order valence-corrected chi connectivity index (χ1v) is 7.78. The van der Waals surface area contributed by atoms with E-state index < -0.39 is 11.7 Å². The van der Waals surface area contributed by atoms with Gasteiger partial charge in [0.15, 0.2) is 0 Å². The Bertz CT molecular complexity index is 758. The van der Waals surface area contributed by atoms with E-state index in [4.69, 9.17) is 33.2 Å². The highest BCUT2D eigenvalue weighted by Gasteiger charge is 2.15. The van der Waals surface area contributed by atoms with Gasteiger partial charge in [0.2, 0.25) is 10.6 Å². The largest absolute Gasteiger partial charge is 0.444 e. The van der Waals surface area contributed by atoms with E-state index in [9.17, 15) is 4.79 Å². The van der Waals surface area contributed by atoms with Crippen molar-refractivity contribution in [3.8, 4) is 6.07 Å². The maximum Gasteiger partial charge on any atom is 0.407 e. The van der Waals surface area contributed by atoms with Crippen LogP contribution in [0.5, 0.6) is 0 Å². The number of carbonyl (C=O) groups is 1. The average Bonchev–Trinajstić information content (AvgIpc) is 2.52. The lowest BCUT2D eigenvalue weighted by Gasteiger charge is -2.19. The zero-order chi connectivity index (χ0) is 18.9. The summed E-state index contributed by atoms with van der Waals surface area (Å²) in [5.74, 6) is 0. The van der Waals surface area contributed by atoms with Crippen LogP contribution in [0.1, 0.15) is 32.2 Å². The molecule has 0 atom stereocenters. The summed E-state index contributed by atoms with van der Waals surface area (Å²) in [6.45, 7) is 5.66. The van der Waals surface area contributed by atoms with Crippen molar-refractivity contribution in [3.63, 3.8) is 0 Å². The van der Waals surface area contributed by atoms with E-state index >= 15 is 0 Å². The van der Waals surface area contributed by atoms with Crippen molar-refractivity contribution in [1.82, 2.24) is 25.3 Å². The van der Waals surface area contributed by atoms with Gasteiger partial charge in [0.25, 0.3) is 0 Å². The molecular formula is C15H16Cl2N6O2. The first kappa shape index (κ1) is 20.5. The summed E-state index contributed by atoms with van der Waals surface area (Å²) in [5.41, 5.74) is 0.411. The van der Waals surface area contributed by atoms with Gasteiger partial charge >= 0.3 is 6.09 Å². The molecule has 2 rings (SSSR count). The first-order chi connectivity index (χ1) is 11.7. The molecular weight excluding hydrogens is 367 g/mol. The molecule has 0 bridgehead atoms. The fraction of sp³-hybridized carbons (Fsp3) is 0.333. The lowest BCUT2D eigenvalue weighted by Crippen LogP contribution is -2.32. The number of nitriles is 1. The van der Waals surface area contributed by atoms with Gasteiger partial charge in [-0.2, -0.15) is 5.26 Å². The Morgan fingerprint density at radius 3 is 2.28 bits per heavy atom. The first-order valence-electron chi connectivity index (χ1n) is 7.02. The molecule has 25 heavy (non-hydrogen) atoms. The Hall–Kier alpha value is -2.50. The van der Waals surface area contributed by atoms with Crippen molar-refractivity contribution in [1.29, 1.82) is 5.26 Å². The van der Waals surface area contributed by atoms with Crippen molar-refractivity contribution in [2.24, 2.45) is 0 Å². The van der Waals surface area contributed by atoms with Crippen LogP contribution in [0.15, 0.2) is 24.5 Å². The lowest BCUT2D eigenvalue weighted by atomic mass is 10.2. The van der Waals surface area contributed by atoms with Gasteiger partial charge < -0.3 is 10.1 Å². The smallest absolute Gasteiger partial charge is 0.407 e. The monoisotopic (exact) mass is 382 g/mol. The summed E-state index contributed by atoms with van der Waals surface area (Å²) in [5, 5.41) is 11.1. The van der Waals surface area contributed by atoms with Crippen LogP contribution in [0.4, 0.5) is 4.79 Å². The van der Waals surface area contributed by atoms with Gasteiger partial charge in [0, 0.05) is 12.4 Å². The van der Waals surface area contributed by atoms with Crippen LogP contribution in [0.3, 0.4) is 0 Å². The Balaban J connectivity index is 0.000000293. The molecule has 2 heterocycles. The number of carbonyl (C=O) groups excluding carboxylic acids is 1. The minimum atomic E-state index is -0.507. The molecule has 0 aliphatic rings. The minimum Gasteiger partial charge on any atom is -0.444 e. The molecule has 2 aromatic heterocycles. The molecule has 0 aromatic carbocycles. The van der Waals surface area contributed by atoms with E-state index in [1.165, 1.54) is 18.5 Å². The van der Waals surface area contributed by atoms with Crippen molar-refractivity contribution in [3.05, 3.63) is 46.5 Å². The number of nitrogens with one attached hydrogen (secondary N) is 1. The summed E-state index contributed by atoms with van der Waals surface area (Å²) >= 11 is 11.0. The van der Waals surface area contributed by atoms with Crippen LogP contribution in [-0.4, -0.2) is 31.6 Å². The molecule has 132 valence electrons. The van der Waals surface area contributed by atoms with E-state index in [-0.39, 0.29) is 22.8 Å². The Kier molecular flexibility index (Phi) is 7.98. The second kappa shape index (κ2) is 9.71. The second-order valence-corrected chi connectivity index (χ2v) is 6.17. The van der Waals surface area contributed by atoms with E-state index in [0.717, 1.165) is 0 Å². The van der Waals surface area contributed by atoms with Gasteiger partial charge in [-0.3, -0.25) is 0 Å². The highest BCUT2D eigenvalue weighted by Crippen LogP contribution is 2.07. The molecule has 0 saturated heterocycles. The van der Waals surface area contributed by atoms with Crippen molar-refractivity contribution >= 4 is 29.3 Å². The normalized spacial score (nSPS) is 10.1. The number of aromatic nitrogens is 4. The fourth-order valence-electron chi connectivity index (χ4n) is 1.34. The summed E-state index contributed by atoms with van der Waals surface area (Å²) in [4.78, 5) is 26.1. The summed E-state index contributed by atoms with van der Waals surface area (Å²) < 4.78 is 5.06. The number of rotatable bonds is 2. The molecule has 0 saturated carbocycles. The SMILES string of the molecule is CC(C)(C)OC(=O)NCc1ccnc(Cl)n1.N#Cc1ccnc(Cl)n1. The number of amides is 1. The summed E-state index contributed by atoms with van der Waals surface area (Å²) in [6, 6.07) is 4.99. The van der Waals surface area contributed by atoms with E-state index in [0.29, 0.717) is 5.69 Å². The maximum absolute atomic E-state index is 11.3. The molecule has 0 spiro atoms. The maximum atomic E-state index is 11.3. The average molecular weight is 383 g/mol. The van der Waals surface area contributed by atoms with Gasteiger partial charge in [-0.25, -0.2) is 24.7 Å². The standard InChI is InChI=1S/C10H14ClN3O2.C5H2ClN3/c1-10(2,3)16-9(15)13-6-7-4-5-12-8(11)14-7;6-5-8-2-1-4(3-7)9-5/h4-5H,6H2,1-3H3,(H,13,15);1-2H. The molecule has 0 aliphatic heterocycles. The van der Waals surface area contributed by atoms with Gasteiger partial charge in [-0.1, -0.05) is 0 Å². The molecule has 10 heteroatoms. The number of ether oxygens (including phenoxy) is 1. The van der Waals surface area contributed by atoms with Crippen LogP contribution in [-0.2, 0) is 11.3 Å². The van der Waals surface area contributed by atoms with Crippen LogP contribution in [0.2, 0.25) is 10.6 Å². The topological polar surface area (TPSA) is 114 Å². The molecule has 0 unspecified atom stereocenters. The zero-order valence-electron chi connectivity index (χ0n) is 13.8. The number of halogens is 2. The third-order valence-electron chi connectivity index (χ3n) is 2.24. The quantitative estimate of drug-likeness (QED) is 0.793. The highest BCUT2D eigenvalue weighted by atomic mass is 35.5. The summed E-state index contributed by atoms with van der Waals surface area (Å²) in [6.07, 6.45) is 2.48. The molecule has 1 amide bonds. The Morgan fingerprint density at radius 1 is 1.20 bits per heavy atom. The molecule has 2 aromatic rings. The van der Waals surface area contributed by atoms with E-state index in [1.807, 2.05) is 6.07 Å². The predicted molar refractivity (Wildman–Crippen MR) is 91.9 cm³/mol. The third-order valence-corrected chi connectivity index (χ3v) is 2.60. The summed E-state index contributed by atoms with van der Waals surface area (Å²) in [7, 11) is 0. The molecule has 0 fully saturated rings. The van der Waals surface area contributed by atoms with Crippen LogP contribution in [0.25, 0.3) is 0 Å². The van der Waals surface area contributed by atoms with Gasteiger partial charge in [-0.15, -0.1) is 0 Å².